The third-order valence-corrected chi connectivity index (χ3v) is 2.24. The van der Waals surface area contributed by atoms with E-state index in [9.17, 15) is 5.11 Å². The van der Waals surface area contributed by atoms with E-state index >= 15 is 0 Å². The van der Waals surface area contributed by atoms with Crippen molar-refractivity contribution in [3.05, 3.63) is 35.5 Å². The number of phenols is 1. The van der Waals surface area contributed by atoms with Crippen LogP contribution in [0.2, 0.25) is 0 Å². The zero-order valence-corrected chi connectivity index (χ0v) is 7.96. The Bertz CT molecular complexity index is 339. The predicted molar refractivity (Wildman–Crippen MR) is 57.0 cm³/mol. The molecular formula is C11H14N2O. The number of rotatable bonds is 1. The van der Waals surface area contributed by atoms with E-state index in [1.165, 1.54) is 0 Å². The summed E-state index contributed by atoms with van der Waals surface area (Å²) in [4.78, 5) is 0. The SMILES string of the molecule is Oc1ccccc1C=C1CNCCN1. The smallest absolute Gasteiger partial charge is 0.122 e. The molecule has 0 bridgehead atoms. The minimum atomic E-state index is 0.326. The lowest BCUT2D eigenvalue weighted by molar-refractivity contribution is 0.474. The second-order valence-corrected chi connectivity index (χ2v) is 3.33. The molecule has 2 rings (SSSR count). The standard InChI is InChI=1S/C11H14N2O/c14-11-4-2-1-3-9(11)7-10-8-12-5-6-13-10/h1-4,7,12-14H,5-6,8H2. The van der Waals surface area contributed by atoms with Gasteiger partial charge >= 0.3 is 0 Å². The quantitative estimate of drug-likeness (QED) is 0.617. The lowest BCUT2D eigenvalue weighted by Gasteiger charge is -2.18. The van der Waals surface area contributed by atoms with Crippen LogP contribution < -0.4 is 10.6 Å². The average molecular weight is 190 g/mol. The summed E-state index contributed by atoms with van der Waals surface area (Å²) in [6.45, 7) is 2.78. The number of piperazine rings is 1. The molecule has 14 heavy (non-hydrogen) atoms. The lowest BCUT2D eigenvalue weighted by Crippen LogP contribution is -2.37. The van der Waals surface area contributed by atoms with Gasteiger partial charge in [-0.2, -0.15) is 0 Å². The molecule has 1 aliphatic heterocycles. The van der Waals surface area contributed by atoms with Gasteiger partial charge in [0.1, 0.15) is 5.75 Å². The van der Waals surface area contributed by atoms with E-state index in [-0.39, 0.29) is 0 Å². The Labute approximate surface area is 83.5 Å². The number of benzene rings is 1. The maximum atomic E-state index is 9.55. The summed E-state index contributed by atoms with van der Waals surface area (Å²) in [6, 6.07) is 7.34. The van der Waals surface area contributed by atoms with Crippen LogP contribution in [0.15, 0.2) is 30.0 Å². The summed E-state index contributed by atoms with van der Waals surface area (Å²) in [5.41, 5.74) is 1.98. The van der Waals surface area contributed by atoms with Crippen LogP contribution in [0, 0.1) is 0 Å². The molecular weight excluding hydrogens is 176 g/mol. The molecule has 0 unspecified atom stereocenters. The first-order valence-electron chi connectivity index (χ1n) is 4.79. The number of hydrogen-bond donors (Lipinski definition) is 3. The normalized spacial score (nSPS) is 19.3. The van der Waals surface area contributed by atoms with Gasteiger partial charge in [0.15, 0.2) is 0 Å². The third kappa shape index (κ3) is 2.06. The van der Waals surface area contributed by atoms with E-state index in [1.807, 2.05) is 24.3 Å². The molecule has 0 amide bonds. The molecule has 1 aliphatic rings. The molecule has 0 aliphatic carbocycles. The van der Waals surface area contributed by atoms with Crippen molar-refractivity contribution < 1.29 is 5.11 Å². The first-order chi connectivity index (χ1) is 6.86. The fourth-order valence-electron chi connectivity index (χ4n) is 1.50. The van der Waals surface area contributed by atoms with Crippen LogP contribution in [-0.4, -0.2) is 24.7 Å². The molecule has 0 saturated carbocycles. The average Bonchev–Trinajstić information content (AvgIpc) is 2.23. The molecule has 0 spiro atoms. The first kappa shape index (κ1) is 9.09. The number of phenolic OH excluding ortho intramolecular Hbond substituents is 1. The maximum absolute atomic E-state index is 9.55. The minimum absolute atomic E-state index is 0.326. The van der Waals surface area contributed by atoms with Crippen molar-refractivity contribution in [3.63, 3.8) is 0 Å². The second-order valence-electron chi connectivity index (χ2n) is 3.33. The molecule has 3 heteroatoms. The van der Waals surface area contributed by atoms with Crippen LogP contribution in [0.25, 0.3) is 6.08 Å². The van der Waals surface area contributed by atoms with Gasteiger partial charge in [-0.05, 0) is 12.1 Å². The van der Waals surface area contributed by atoms with E-state index in [2.05, 4.69) is 10.6 Å². The molecule has 3 N–H and O–H groups in total. The second kappa shape index (κ2) is 4.15. The Morgan fingerprint density at radius 2 is 2.07 bits per heavy atom. The lowest BCUT2D eigenvalue weighted by atomic mass is 10.1. The summed E-state index contributed by atoms with van der Waals surface area (Å²) < 4.78 is 0. The Morgan fingerprint density at radius 3 is 2.79 bits per heavy atom. The fourth-order valence-corrected chi connectivity index (χ4v) is 1.50. The maximum Gasteiger partial charge on any atom is 0.122 e. The Morgan fingerprint density at radius 1 is 1.21 bits per heavy atom. The summed E-state index contributed by atoms with van der Waals surface area (Å²) in [5.74, 6) is 0.326. The molecule has 0 atom stereocenters. The van der Waals surface area contributed by atoms with Gasteiger partial charge in [0.2, 0.25) is 0 Å². The topological polar surface area (TPSA) is 44.3 Å². The third-order valence-electron chi connectivity index (χ3n) is 2.24. The monoisotopic (exact) mass is 190 g/mol. The van der Waals surface area contributed by atoms with Gasteiger partial charge in [0, 0.05) is 30.9 Å². The predicted octanol–water partition coefficient (Wildman–Crippen LogP) is 0.926. The van der Waals surface area contributed by atoms with Crippen LogP contribution >= 0.6 is 0 Å². The van der Waals surface area contributed by atoms with Gasteiger partial charge < -0.3 is 15.7 Å². The van der Waals surface area contributed by atoms with Crippen molar-refractivity contribution in [1.29, 1.82) is 0 Å². The van der Waals surface area contributed by atoms with Crippen LogP contribution in [0.5, 0.6) is 5.75 Å². The molecule has 0 aromatic heterocycles. The number of hydrogen-bond acceptors (Lipinski definition) is 3. The minimum Gasteiger partial charge on any atom is -0.507 e. The van der Waals surface area contributed by atoms with E-state index < -0.39 is 0 Å². The Kier molecular flexibility index (Phi) is 2.70. The van der Waals surface area contributed by atoms with Crippen molar-refractivity contribution in [3.8, 4) is 5.75 Å². The Hall–Kier alpha value is -1.48. The van der Waals surface area contributed by atoms with Crippen molar-refractivity contribution >= 4 is 6.08 Å². The van der Waals surface area contributed by atoms with E-state index in [4.69, 9.17) is 0 Å². The van der Waals surface area contributed by atoms with Gasteiger partial charge in [-0.1, -0.05) is 18.2 Å². The highest BCUT2D eigenvalue weighted by Crippen LogP contribution is 2.18. The molecule has 0 radical (unpaired) electrons. The zero-order valence-electron chi connectivity index (χ0n) is 7.96. The number of para-hydroxylation sites is 1. The summed E-state index contributed by atoms with van der Waals surface area (Å²) >= 11 is 0. The number of nitrogens with one attached hydrogen (secondary N) is 2. The molecule has 3 nitrogen and oxygen atoms in total. The van der Waals surface area contributed by atoms with Crippen molar-refractivity contribution in [2.24, 2.45) is 0 Å². The van der Waals surface area contributed by atoms with Crippen LogP contribution in [0.1, 0.15) is 5.56 Å². The van der Waals surface area contributed by atoms with Crippen molar-refractivity contribution in [2.45, 2.75) is 0 Å². The van der Waals surface area contributed by atoms with Crippen LogP contribution in [0.4, 0.5) is 0 Å². The highest BCUT2D eigenvalue weighted by Gasteiger charge is 2.03. The van der Waals surface area contributed by atoms with E-state index in [0.29, 0.717) is 5.75 Å². The highest BCUT2D eigenvalue weighted by atomic mass is 16.3. The van der Waals surface area contributed by atoms with Gasteiger partial charge in [0.25, 0.3) is 0 Å². The van der Waals surface area contributed by atoms with Gasteiger partial charge in [0.05, 0.1) is 0 Å². The van der Waals surface area contributed by atoms with Crippen LogP contribution in [-0.2, 0) is 0 Å². The largest absolute Gasteiger partial charge is 0.507 e. The molecule has 74 valence electrons. The molecule has 1 heterocycles. The number of aromatic hydroxyl groups is 1. The van der Waals surface area contributed by atoms with E-state index in [0.717, 1.165) is 30.9 Å². The molecule has 1 aromatic carbocycles. The highest BCUT2D eigenvalue weighted by molar-refractivity contribution is 5.59. The molecule has 1 aromatic rings. The first-order valence-corrected chi connectivity index (χ1v) is 4.79. The van der Waals surface area contributed by atoms with E-state index in [1.54, 1.807) is 6.07 Å². The van der Waals surface area contributed by atoms with Gasteiger partial charge in [-0.25, -0.2) is 0 Å². The van der Waals surface area contributed by atoms with Crippen molar-refractivity contribution in [2.75, 3.05) is 19.6 Å². The summed E-state index contributed by atoms with van der Waals surface area (Å²) in [7, 11) is 0. The summed E-state index contributed by atoms with van der Waals surface area (Å²) in [6.07, 6.45) is 1.97. The Balaban J connectivity index is 2.19. The molecule has 1 fully saturated rings. The van der Waals surface area contributed by atoms with Gasteiger partial charge in [-0.15, -0.1) is 0 Å². The zero-order chi connectivity index (χ0) is 9.80. The van der Waals surface area contributed by atoms with Crippen molar-refractivity contribution in [1.82, 2.24) is 10.6 Å². The molecule has 1 saturated heterocycles. The van der Waals surface area contributed by atoms with Gasteiger partial charge in [-0.3, -0.25) is 0 Å². The van der Waals surface area contributed by atoms with Crippen LogP contribution in [0.3, 0.4) is 0 Å². The summed E-state index contributed by atoms with van der Waals surface area (Å²) in [5, 5.41) is 16.1. The fraction of sp³-hybridized carbons (Fsp3) is 0.273.